The van der Waals surface area contributed by atoms with E-state index in [1.807, 2.05) is 19.2 Å². The van der Waals surface area contributed by atoms with E-state index in [1.165, 1.54) is 0 Å². The molecule has 0 aliphatic carbocycles. The summed E-state index contributed by atoms with van der Waals surface area (Å²) in [5, 5.41) is 7.56. The second-order valence-corrected chi connectivity index (χ2v) is 6.59. The van der Waals surface area contributed by atoms with Crippen LogP contribution >= 0.6 is 0 Å². The number of imidazole rings is 1. The van der Waals surface area contributed by atoms with Gasteiger partial charge in [-0.25, -0.2) is 9.50 Å². The van der Waals surface area contributed by atoms with Crippen LogP contribution in [-0.2, 0) is 6.42 Å². The number of anilines is 1. The predicted molar refractivity (Wildman–Crippen MR) is 109 cm³/mol. The first-order valence-corrected chi connectivity index (χ1v) is 9.70. The number of nitrogens with two attached hydrogens (primary N) is 1. The maximum atomic E-state index is 6.02. The summed E-state index contributed by atoms with van der Waals surface area (Å²) in [6.45, 7) is 4.32. The Bertz CT molecular complexity index is 878. The van der Waals surface area contributed by atoms with Crippen LogP contribution in [0.4, 0.5) is 5.82 Å². The zero-order chi connectivity index (χ0) is 19.8. The molecule has 0 unspecified atom stereocenters. The number of nitrogens with zero attached hydrogens (tertiary/aromatic N) is 4. The Kier molecular flexibility index (Phi) is 7.02. The molecule has 0 radical (unpaired) electrons. The Morgan fingerprint density at radius 2 is 1.89 bits per heavy atom. The highest BCUT2D eigenvalue weighted by molar-refractivity contribution is 5.59. The standard InChI is InChI=1S/C20H28N6O2/c1-3-4-11-28-20-24-18(21)19-23-14-16(26(19)25-20)13-15-6-8-17(9-7-15)27-12-5-10-22-2/h6-9,14,22H,3-5,10-13H2,1-2H3,(H2,21,24,25). The molecular formula is C20H28N6O2. The molecule has 8 heteroatoms. The average Bonchev–Trinajstić information content (AvgIpc) is 3.10. The fourth-order valence-corrected chi connectivity index (χ4v) is 2.77. The number of ether oxygens (including phenoxy) is 2. The summed E-state index contributed by atoms with van der Waals surface area (Å²) in [6, 6.07) is 8.36. The molecule has 0 aliphatic rings. The average molecular weight is 384 g/mol. The molecule has 8 nitrogen and oxygen atoms in total. The van der Waals surface area contributed by atoms with Gasteiger partial charge in [-0.1, -0.05) is 25.5 Å². The van der Waals surface area contributed by atoms with Crippen molar-refractivity contribution in [3.8, 4) is 11.8 Å². The molecule has 3 N–H and O–H groups in total. The smallest absolute Gasteiger partial charge is 0.336 e. The van der Waals surface area contributed by atoms with Crippen LogP contribution in [0.25, 0.3) is 5.65 Å². The number of hydrogen-bond donors (Lipinski definition) is 2. The molecule has 3 rings (SSSR count). The molecule has 150 valence electrons. The summed E-state index contributed by atoms with van der Waals surface area (Å²) in [7, 11) is 1.94. The van der Waals surface area contributed by atoms with Gasteiger partial charge in [0.2, 0.25) is 0 Å². The van der Waals surface area contributed by atoms with Crippen molar-refractivity contribution in [2.24, 2.45) is 0 Å². The fourth-order valence-electron chi connectivity index (χ4n) is 2.77. The van der Waals surface area contributed by atoms with Gasteiger partial charge in [0.1, 0.15) is 5.75 Å². The molecule has 0 spiro atoms. The Labute approximate surface area is 165 Å². The third kappa shape index (κ3) is 5.10. The summed E-state index contributed by atoms with van der Waals surface area (Å²) in [5.74, 6) is 1.19. The highest BCUT2D eigenvalue weighted by atomic mass is 16.5. The van der Waals surface area contributed by atoms with Crippen molar-refractivity contribution in [2.45, 2.75) is 32.6 Å². The highest BCUT2D eigenvalue weighted by Crippen LogP contribution is 2.19. The van der Waals surface area contributed by atoms with Crippen LogP contribution < -0.4 is 20.5 Å². The summed E-state index contributed by atoms with van der Waals surface area (Å²) in [5.41, 5.74) is 8.62. The van der Waals surface area contributed by atoms with Crippen molar-refractivity contribution in [1.29, 1.82) is 0 Å². The molecule has 0 saturated carbocycles. The molecule has 28 heavy (non-hydrogen) atoms. The van der Waals surface area contributed by atoms with Gasteiger partial charge in [-0.05, 0) is 44.1 Å². The van der Waals surface area contributed by atoms with E-state index in [0.29, 0.717) is 31.1 Å². The number of unbranched alkanes of at least 4 members (excludes halogenated alkanes) is 1. The third-order valence-electron chi connectivity index (χ3n) is 4.32. The quantitative estimate of drug-likeness (QED) is 0.490. The number of aromatic nitrogens is 4. The highest BCUT2D eigenvalue weighted by Gasteiger charge is 2.12. The normalized spacial score (nSPS) is 11.1. The molecule has 2 aromatic heterocycles. The SMILES string of the molecule is CCCCOc1nc(N)c2ncc(Cc3ccc(OCCCNC)cc3)n2n1. The van der Waals surface area contributed by atoms with Crippen molar-refractivity contribution < 1.29 is 9.47 Å². The summed E-state index contributed by atoms with van der Waals surface area (Å²) in [6.07, 6.45) is 5.42. The lowest BCUT2D eigenvalue weighted by atomic mass is 10.1. The lowest BCUT2D eigenvalue weighted by Crippen LogP contribution is -2.11. The molecule has 3 aromatic rings. The van der Waals surface area contributed by atoms with E-state index in [2.05, 4.69) is 39.4 Å². The Hall–Kier alpha value is -2.87. The maximum Gasteiger partial charge on any atom is 0.336 e. The van der Waals surface area contributed by atoms with Gasteiger partial charge in [-0.3, -0.25) is 0 Å². The summed E-state index contributed by atoms with van der Waals surface area (Å²) >= 11 is 0. The lowest BCUT2D eigenvalue weighted by molar-refractivity contribution is 0.280. The van der Waals surface area contributed by atoms with E-state index in [4.69, 9.17) is 15.2 Å². The zero-order valence-corrected chi connectivity index (χ0v) is 16.5. The molecule has 0 bridgehead atoms. The minimum Gasteiger partial charge on any atom is -0.494 e. The molecule has 2 heterocycles. The molecule has 0 fully saturated rings. The van der Waals surface area contributed by atoms with E-state index in [1.54, 1.807) is 10.7 Å². The number of nitrogen functional groups attached to an aromatic ring is 1. The first-order valence-electron chi connectivity index (χ1n) is 9.70. The fraction of sp³-hybridized carbons (Fsp3) is 0.450. The van der Waals surface area contributed by atoms with E-state index in [0.717, 1.165) is 42.8 Å². The predicted octanol–water partition coefficient (Wildman–Crippen LogP) is 2.46. The van der Waals surface area contributed by atoms with E-state index >= 15 is 0 Å². The van der Waals surface area contributed by atoms with Crippen LogP contribution in [0.2, 0.25) is 0 Å². The van der Waals surface area contributed by atoms with Gasteiger partial charge >= 0.3 is 6.01 Å². The minimum atomic E-state index is 0.281. The van der Waals surface area contributed by atoms with Crippen molar-refractivity contribution in [1.82, 2.24) is 24.9 Å². The second kappa shape index (κ2) is 9.89. The molecular weight excluding hydrogens is 356 g/mol. The van der Waals surface area contributed by atoms with E-state index < -0.39 is 0 Å². The van der Waals surface area contributed by atoms with E-state index in [-0.39, 0.29) is 6.01 Å². The van der Waals surface area contributed by atoms with Gasteiger partial charge in [0, 0.05) is 6.42 Å². The lowest BCUT2D eigenvalue weighted by Gasteiger charge is -2.08. The van der Waals surface area contributed by atoms with Gasteiger partial charge in [0.05, 0.1) is 25.1 Å². The second-order valence-electron chi connectivity index (χ2n) is 6.59. The van der Waals surface area contributed by atoms with Gasteiger partial charge in [0.25, 0.3) is 0 Å². The Morgan fingerprint density at radius 1 is 1.11 bits per heavy atom. The molecule has 0 aliphatic heterocycles. The van der Waals surface area contributed by atoms with E-state index in [9.17, 15) is 0 Å². The van der Waals surface area contributed by atoms with Crippen LogP contribution in [0.1, 0.15) is 37.4 Å². The topological polar surface area (TPSA) is 99.6 Å². The Balaban J connectivity index is 1.69. The largest absolute Gasteiger partial charge is 0.494 e. The van der Waals surface area contributed by atoms with Gasteiger partial charge in [0.15, 0.2) is 11.5 Å². The minimum absolute atomic E-state index is 0.281. The van der Waals surface area contributed by atoms with Crippen LogP contribution in [0.3, 0.4) is 0 Å². The van der Waals surface area contributed by atoms with Crippen molar-refractivity contribution >= 4 is 11.5 Å². The molecule has 0 atom stereocenters. The number of fused-ring (bicyclic) bond motifs is 1. The van der Waals surface area contributed by atoms with Crippen LogP contribution in [-0.4, -0.2) is 46.4 Å². The first kappa shape index (κ1) is 19.9. The molecule has 0 saturated heterocycles. The zero-order valence-electron chi connectivity index (χ0n) is 16.5. The molecule has 0 amide bonds. The number of benzene rings is 1. The Morgan fingerprint density at radius 3 is 2.64 bits per heavy atom. The molecule has 1 aromatic carbocycles. The van der Waals surface area contributed by atoms with Crippen LogP contribution in [0.15, 0.2) is 30.5 Å². The summed E-state index contributed by atoms with van der Waals surface area (Å²) < 4.78 is 13.1. The first-order chi connectivity index (χ1) is 13.7. The monoisotopic (exact) mass is 384 g/mol. The number of hydrogen-bond acceptors (Lipinski definition) is 7. The number of rotatable bonds is 11. The maximum absolute atomic E-state index is 6.02. The van der Waals surface area contributed by atoms with Gasteiger partial charge < -0.3 is 20.5 Å². The van der Waals surface area contributed by atoms with Crippen LogP contribution in [0, 0.1) is 0 Å². The van der Waals surface area contributed by atoms with Gasteiger partial charge in [-0.15, -0.1) is 5.10 Å². The third-order valence-corrected chi connectivity index (χ3v) is 4.32. The number of nitrogens with one attached hydrogen (secondary N) is 1. The van der Waals surface area contributed by atoms with Crippen LogP contribution in [0.5, 0.6) is 11.8 Å². The van der Waals surface area contributed by atoms with Crippen molar-refractivity contribution in [2.75, 3.05) is 32.5 Å². The summed E-state index contributed by atoms with van der Waals surface area (Å²) in [4.78, 5) is 8.54. The van der Waals surface area contributed by atoms with Crippen molar-refractivity contribution in [3.05, 3.63) is 41.7 Å². The van der Waals surface area contributed by atoms with Crippen molar-refractivity contribution in [3.63, 3.8) is 0 Å². The van der Waals surface area contributed by atoms with Gasteiger partial charge in [-0.2, -0.15) is 4.98 Å².